The number of nitrogens with one attached hydrogen (secondary N) is 1. The van der Waals surface area contributed by atoms with E-state index in [4.69, 9.17) is 14.0 Å². The third-order valence-corrected chi connectivity index (χ3v) is 10.3. The fourth-order valence-electron chi connectivity index (χ4n) is 3.35. The van der Waals surface area contributed by atoms with Crippen molar-refractivity contribution in [1.82, 2.24) is 5.48 Å². The van der Waals surface area contributed by atoms with Gasteiger partial charge in [0.2, 0.25) is 8.32 Å². The van der Waals surface area contributed by atoms with Crippen molar-refractivity contribution in [3.63, 3.8) is 0 Å². The van der Waals surface area contributed by atoms with E-state index in [-0.39, 0.29) is 18.7 Å². The van der Waals surface area contributed by atoms with Crippen molar-refractivity contribution in [1.29, 1.82) is 0 Å². The lowest BCUT2D eigenvalue weighted by atomic mass is 10.1. The maximum Gasteiger partial charge on any atom is 0.316 e. The monoisotopic (exact) mass is 315 g/mol. The van der Waals surface area contributed by atoms with E-state index in [2.05, 4.69) is 47.0 Å². The largest absolute Gasteiger partial charge is 0.439 e. The molecule has 1 aliphatic rings. The number of hydrogen-bond donors (Lipinski definition) is 1. The van der Waals surface area contributed by atoms with E-state index < -0.39 is 8.32 Å². The number of carbonyl (C=O) groups is 1. The minimum atomic E-state index is -1.98. The predicted octanol–water partition coefficient (Wildman–Crippen LogP) is 3.34. The molecule has 0 amide bonds. The van der Waals surface area contributed by atoms with Crippen LogP contribution in [-0.2, 0) is 18.8 Å². The fourth-order valence-corrected chi connectivity index (χ4v) is 8.61. The lowest BCUT2D eigenvalue weighted by Gasteiger charge is -2.41. The summed E-state index contributed by atoms with van der Waals surface area (Å²) >= 11 is 0. The molecule has 0 spiro atoms. The molecule has 1 unspecified atom stereocenters. The molecule has 1 aliphatic heterocycles. The molecule has 6 heteroatoms. The first-order chi connectivity index (χ1) is 9.82. The lowest BCUT2D eigenvalue weighted by Crippen LogP contribution is -2.48. The highest BCUT2D eigenvalue weighted by Crippen LogP contribution is 2.42. The van der Waals surface area contributed by atoms with Gasteiger partial charge >= 0.3 is 5.97 Å². The molecule has 21 heavy (non-hydrogen) atoms. The summed E-state index contributed by atoms with van der Waals surface area (Å²) < 4.78 is 11.5. The van der Waals surface area contributed by atoms with Crippen molar-refractivity contribution in [3.8, 4) is 0 Å². The number of esters is 1. The Morgan fingerprint density at radius 2 is 1.81 bits per heavy atom. The predicted molar refractivity (Wildman–Crippen MR) is 84.8 cm³/mol. The van der Waals surface area contributed by atoms with Crippen LogP contribution in [0.5, 0.6) is 0 Å². The summed E-state index contributed by atoms with van der Waals surface area (Å²) in [5.41, 5.74) is 4.08. The molecule has 122 valence electrons. The van der Waals surface area contributed by atoms with Gasteiger partial charge < -0.3 is 14.0 Å². The summed E-state index contributed by atoms with van der Waals surface area (Å²) in [6, 6.07) is 0. The molecule has 1 atom stereocenters. The zero-order chi connectivity index (χ0) is 16.0. The normalized spacial score (nSPS) is 19.2. The second-order valence-electron chi connectivity index (χ2n) is 6.44. The molecule has 0 aromatic heterocycles. The van der Waals surface area contributed by atoms with Crippen molar-refractivity contribution in [2.75, 3.05) is 13.3 Å². The Morgan fingerprint density at radius 3 is 2.24 bits per heavy atom. The van der Waals surface area contributed by atoms with Gasteiger partial charge in [-0.25, -0.2) is 0 Å². The Hall–Kier alpha value is -0.853. The highest BCUT2D eigenvalue weighted by Gasteiger charge is 2.45. The Kier molecular flexibility index (Phi) is 6.90. The zero-order valence-corrected chi connectivity index (χ0v) is 15.0. The minimum Gasteiger partial charge on any atom is -0.439 e. The van der Waals surface area contributed by atoms with Crippen molar-refractivity contribution < 1.29 is 18.8 Å². The van der Waals surface area contributed by atoms with Gasteiger partial charge in [0.25, 0.3) is 0 Å². The molecule has 0 fully saturated rings. The van der Waals surface area contributed by atoms with Crippen LogP contribution < -0.4 is 5.48 Å². The van der Waals surface area contributed by atoms with Gasteiger partial charge in [0.15, 0.2) is 6.79 Å². The second-order valence-corrected chi connectivity index (χ2v) is 11.9. The van der Waals surface area contributed by atoms with Crippen LogP contribution in [0.4, 0.5) is 0 Å². The van der Waals surface area contributed by atoms with Crippen LogP contribution in [0.1, 0.15) is 41.5 Å². The van der Waals surface area contributed by atoms with E-state index >= 15 is 0 Å². The van der Waals surface area contributed by atoms with Crippen molar-refractivity contribution >= 4 is 14.3 Å². The van der Waals surface area contributed by atoms with Gasteiger partial charge in [0.05, 0.1) is 5.92 Å². The summed E-state index contributed by atoms with van der Waals surface area (Å²) in [7, 11) is -1.98. The molecule has 0 saturated carbocycles. The highest BCUT2D eigenvalue weighted by atomic mass is 28.4. The van der Waals surface area contributed by atoms with Crippen LogP contribution in [0, 0.1) is 5.92 Å². The van der Waals surface area contributed by atoms with E-state index in [0.717, 1.165) is 0 Å². The van der Waals surface area contributed by atoms with Crippen LogP contribution in [0.3, 0.4) is 0 Å². The number of ether oxygens (including phenoxy) is 1. The molecule has 1 N–H and O–H groups in total. The third kappa shape index (κ3) is 4.31. The van der Waals surface area contributed by atoms with Gasteiger partial charge in [0.1, 0.15) is 6.26 Å². The SMILES string of the molecule is CC(C)[Si](OCOC(=O)C1C=CONC1)(C(C)C)C(C)C. The Labute approximate surface area is 129 Å². The van der Waals surface area contributed by atoms with E-state index in [1.807, 2.05) is 0 Å². The third-order valence-electron chi connectivity index (χ3n) is 4.29. The molecule has 0 radical (unpaired) electrons. The fraction of sp³-hybridized carbons (Fsp3) is 0.800. The first-order valence-corrected chi connectivity index (χ1v) is 9.82. The lowest BCUT2D eigenvalue weighted by molar-refractivity contribution is -0.155. The topological polar surface area (TPSA) is 56.8 Å². The molecule has 5 nitrogen and oxygen atoms in total. The van der Waals surface area contributed by atoms with Gasteiger partial charge in [-0.15, -0.1) is 0 Å². The average molecular weight is 315 g/mol. The molecule has 1 rings (SSSR count). The second kappa shape index (κ2) is 7.96. The van der Waals surface area contributed by atoms with Gasteiger partial charge in [-0.1, -0.05) is 41.5 Å². The smallest absolute Gasteiger partial charge is 0.316 e. The maximum absolute atomic E-state index is 12.0. The number of rotatable bonds is 7. The Balaban J connectivity index is 2.59. The number of carbonyl (C=O) groups excluding carboxylic acids is 1. The summed E-state index contributed by atoms with van der Waals surface area (Å²) in [4.78, 5) is 16.8. The van der Waals surface area contributed by atoms with Crippen molar-refractivity contribution in [2.45, 2.75) is 58.2 Å². The van der Waals surface area contributed by atoms with Crippen LogP contribution in [0.15, 0.2) is 12.3 Å². The zero-order valence-electron chi connectivity index (χ0n) is 14.0. The van der Waals surface area contributed by atoms with Gasteiger partial charge in [-0.05, 0) is 22.7 Å². The van der Waals surface area contributed by atoms with Gasteiger partial charge in [-0.2, -0.15) is 5.48 Å². The van der Waals surface area contributed by atoms with Crippen molar-refractivity contribution in [3.05, 3.63) is 12.3 Å². The van der Waals surface area contributed by atoms with E-state index in [1.54, 1.807) is 6.08 Å². The molecule has 0 aromatic rings. The Morgan fingerprint density at radius 1 is 1.24 bits per heavy atom. The van der Waals surface area contributed by atoms with E-state index in [0.29, 0.717) is 23.2 Å². The van der Waals surface area contributed by atoms with Gasteiger partial charge in [0, 0.05) is 6.54 Å². The van der Waals surface area contributed by atoms with Crippen LogP contribution in [0.25, 0.3) is 0 Å². The quantitative estimate of drug-likeness (QED) is 0.443. The summed E-state index contributed by atoms with van der Waals surface area (Å²) in [6.45, 7) is 13.7. The maximum atomic E-state index is 12.0. The minimum absolute atomic E-state index is 0.0464. The molecular formula is C15H29NO4Si. The Bertz CT molecular complexity index is 347. The standard InChI is InChI=1S/C15H29NO4Si/c1-11(2)21(12(3)4,13(5)6)20-10-18-15(17)14-7-8-19-16-9-14/h7-8,11-14,16H,9-10H2,1-6H3. The van der Waals surface area contributed by atoms with Crippen LogP contribution in [0.2, 0.25) is 16.6 Å². The summed E-state index contributed by atoms with van der Waals surface area (Å²) in [6.07, 6.45) is 3.16. The summed E-state index contributed by atoms with van der Waals surface area (Å²) in [5, 5.41) is 0. The first kappa shape index (κ1) is 18.2. The molecule has 0 aliphatic carbocycles. The molecule has 0 saturated heterocycles. The van der Waals surface area contributed by atoms with Gasteiger partial charge in [-0.3, -0.25) is 4.79 Å². The number of hydroxylamine groups is 1. The number of hydrogen-bond acceptors (Lipinski definition) is 5. The first-order valence-electron chi connectivity index (χ1n) is 7.68. The summed E-state index contributed by atoms with van der Waals surface area (Å²) in [5.74, 6) is -0.586. The highest BCUT2D eigenvalue weighted by molar-refractivity contribution is 6.77. The van der Waals surface area contributed by atoms with E-state index in [9.17, 15) is 4.79 Å². The van der Waals surface area contributed by atoms with E-state index in [1.165, 1.54) is 6.26 Å². The molecule has 1 heterocycles. The molecular weight excluding hydrogens is 286 g/mol. The molecule has 0 aromatic carbocycles. The average Bonchev–Trinajstić information content (AvgIpc) is 2.43. The molecule has 0 bridgehead atoms. The van der Waals surface area contributed by atoms with Crippen LogP contribution >= 0.6 is 0 Å². The van der Waals surface area contributed by atoms with Crippen LogP contribution in [-0.4, -0.2) is 27.6 Å². The van der Waals surface area contributed by atoms with Crippen molar-refractivity contribution in [2.24, 2.45) is 5.92 Å².